The van der Waals surface area contributed by atoms with Crippen molar-refractivity contribution in [3.63, 3.8) is 0 Å². The number of nitrogens with zero attached hydrogens (tertiary/aromatic N) is 1. The van der Waals surface area contributed by atoms with Gasteiger partial charge in [-0.2, -0.15) is 0 Å². The summed E-state index contributed by atoms with van der Waals surface area (Å²) in [5.74, 6) is 1.84. The number of benzene rings is 1. The van der Waals surface area contributed by atoms with Gasteiger partial charge in [0.1, 0.15) is 0 Å². The Morgan fingerprint density at radius 3 is 2.78 bits per heavy atom. The molecule has 2 nitrogen and oxygen atoms in total. The van der Waals surface area contributed by atoms with Crippen molar-refractivity contribution in [2.45, 2.75) is 17.9 Å². The van der Waals surface area contributed by atoms with Crippen LogP contribution in [0, 0.1) is 11.8 Å². The summed E-state index contributed by atoms with van der Waals surface area (Å²) in [6.07, 6.45) is 3.51. The van der Waals surface area contributed by atoms with Crippen LogP contribution in [0.5, 0.6) is 0 Å². The molecule has 2 heterocycles. The summed E-state index contributed by atoms with van der Waals surface area (Å²) in [5.41, 5.74) is 1.46. The minimum atomic E-state index is 0.893. The lowest BCUT2D eigenvalue weighted by Crippen LogP contribution is -2.39. The third kappa shape index (κ3) is 2.73. The molecule has 2 atom stereocenters. The highest BCUT2D eigenvalue weighted by Gasteiger charge is 2.32. The van der Waals surface area contributed by atoms with Crippen molar-refractivity contribution in [3.8, 4) is 0 Å². The topological polar surface area (TPSA) is 15.3 Å². The maximum atomic E-state index is 3.53. The fourth-order valence-electron chi connectivity index (χ4n) is 3.24. The highest BCUT2D eigenvalue weighted by atomic mass is 32.2. The van der Waals surface area contributed by atoms with Crippen LogP contribution < -0.4 is 5.32 Å². The molecule has 0 aliphatic carbocycles. The van der Waals surface area contributed by atoms with Crippen LogP contribution in [0.3, 0.4) is 0 Å². The molecule has 18 heavy (non-hydrogen) atoms. The van der Waals surface area contributed by atoms with Crippen molar-refractivity contribution in [2.24, 2.45) is 11.8 Å². The molecule has 2 aliphatic rings. The molecule has 2 unspecified atom stereocenters. The van der Waals surface area contributed by atoms with E-state index in [4.69, 9.17) is 0 Å². The molecule has 0 spiro atoms. The Kier molecular flexibility index (Phi) is 3.92. The lowest BCUT2D eigenvalue weighted by Gasteiger charge is -2.34. The van der Waals surface area contributed by atoms with Gasteiger partial charge in [0.15, 0.2) is 0 Å². The van der Waals surface area contributed by atoms with Gasteiger partial charge in [-0.15, -0.1) is 11.8 Å². The molecule has 1 N–H and O–H groups in total. The molecule has 3 rings (SSSR count). The zero-order valence-electron chi connectivity index (χ0n) is 11.1. The van der Waals surface area contributed by atoms with Crippen LogP contribution >= 0.6 is 11.8 Å². The third-order valence-corrected chi connectivity index (χ3v) is 5.10. The third-order valence-electron chi connectivity index (χ3n) is 4.35. The van der Waals surface area contributed by atoms with E-state index in [0.29, 0.717) is 0 Å². The van der Waals surface area contributed by atoms with Crippen LogP contribution in [0.25, 0.3) is 0 Å². The van der Waals surface area contributed by atoms with Gasteiger partial charge in [0.25, 0.3) is 0 Å². The second-order valence-electron chi connectivity index (χ2n) is 5.55. The van der Waals surface area contributed by atoms with Gasteiger partial charge in [-0.1, -0.05) is 12.1 Å². The van der Waals surface area contributed by atoms with E-state index in [0.717, 1.165) is 18.4 Å². The average molecular weight is 262 g/mol. The van der Waals surface area contributed by atoms with Crippen LogP contribution in [-0.2, 0) is 6.54 Å². The van der Waals surface area contributed by atoms with E-state index in [1.165, 1.54) is 43.1 Å². The average Bonchev–Trinajstić information content (AvgIpc) is 2.87. The van der Waals surface area contributed by atoms with Gasteiger partial charge >= 0.3 is 0 Å². The predicted octanol–water partition coefficient (Wildman–Crippen LogP) is 2.45. The number of fused-ring (bicyclic) bond motifs is 1. The van der Waals surface area contributed by atoms with Crippen molar-refractivity contribution in [1.82, 2.24) is 10.2 Å². The van der Waals surface area contributed by atoms with Crippen molar-refractivity contribution >= 4 is 11.8 Å². The standard InChI is InChI=1S/C15H22N2S/c1-18-15-4-2-12(3-5-15)10-17-7-6-13-8-16-9-14(13)11-17/h2-5,13-14,16H,6-11H2,1H3. The zero-order chi connectivity index (χ0) is 12.4. The van der Waals surface area contributed by atoms with Gasteiger partial charge in [0, 0.05) is 18.0 Å². The molecule has 0 bridgehead atoms. The van der Waals surface area contributed by atoms with E-state index in [-0.39, 0.29) is 0 Å². The molecule has 2 fully saturated rings. The normalized spacial score (nSPS) is 28.3. The molecule has 0 saturated carbocycles. The van der Waals surface area contributed by atoms with Gasteiger partial charge in [0.05, 0.1) is 0 Å². The molecular weight excluding hydrogens is 240 g/mol. The zero-order valence-corrected chi connectivity index (χ0v) is 11.9. The lowest BCUT2D eigenvalue weighted by molar-refractivity contribution is 0.142. The Labute approximate surface area is 114 Å². The second kappa shape index (κ2) is 5.64. The van der Waals surface area contributed by atoms with Crippen LogP contribution in [-0.4, -0.2) is 37.3 Å². The van der Waals surface area contributed by atoms with Crippen LogP contribution in [0.1, 0.15) is 12.0 Å². The number of hydrogen-bond acceptors (Lipinski definition) is 3. The van der Waals surface area contributed by atoms with Crippen LogP contribution in [0.2, 0.25) is 0 Å². The summed E-state index contributed by atoms with van der Waals surface area (Å²) in [7, 11) is 0. The molecule has 0 amide bonds. The molecular formula is C15H22N2S. The van der Waals surface area contributed by atoms with Crippen LogP contribution in [0.15, 0.2) is 29.2 Å². The van der Waals surface area contributed by atoms with E-state index in [1.807, 2.05) is 11.8 Å². The Bertz CT molecular complexity index is 390. The van der Waals surface area contributed by atoms with Crippen molar-refractivity contribution in [3.05, 3.63) is 29.8 Å². The summed E-state index contributed by atoms with van der Waals surface area (Å²) in [6.45, 7) is 6.15. The van der Waals surface area contributed by atoms with Crippen molar-refractivity contribution in [2.75, 3.05) is 32.4 Å². The SMILES string of the molecule is CSc1ccc(CN2CCC3CNCC3C2)cc1. The largest absolute Gasteiger partial charge is 0.316 e. The van der Waals surface area contributed by atoms with Gasteiger partial charge in [-0.05, 0) is 61.8 Å². The first-order chi connectivity index (χ1) is 8.85. The van der Waals surface area contributed by atoms with E-state index >= 15 is 0 Å². The summed E-state index contributed by atoms with van der Waals surface area (Å²) in [4.78, 5) is 3.99. The van der Waals surface area contributed by atoms with Gasteiger partial charge in [-0.3, -0.25) is 4.90 Å². The highest BCUT2D eigenvalue weighted by molar-refractivity contribution is 7.98. The van der Waals surface area contributed by atoms with Crippen molar-refractivity contribution in [1.29, 1.82) is 0 Å². The lowest BCUT2D eigenvalue weighted by atomic mass is 9.88. The maximum Gasteiger partial charge on any atom is 0.0233 e. The monoisotopic (exact) mass is 262 g/mol. The fraction of sp³-hybridized carbons (Fsp3) is 0.600. The van der Waals surface area contributed by atoms with Gasteiger partial charge < -0.3 is 5.32 Å². The smallest absolute Gasteiger partial charge is 0.0233 e. The fourth-order valence-corrected chi connectivity index (χ4v) is 3.65. The first-order valence-electron chi connectivity index (χ1n) is 6.91. The van der Waals surface area contributed by atoms with E-state index < -0.39 is 0 Å². The summed E-state index contributed by atoms with van der Waals surface area (Å²) >= 11 is 1.81. The number of rotatable bonds is 3. The van der Waals surface area contributed by atoms with E-state index in [1.54, 1.807) is 0 Å². The Morgan fingerprint density at radius 2 is 2.00 bits per heavy atom. The summed E-state index contributed by atoms with van der Waals surface area (Å²) < 4.78 is 0. The molecule has 98 valence electrons. The number of likely N-dealkylation sites (tertiary alicyclic amines) is 1. The molecule has 0 radical (unpaired) electrons. The number of piperidine rings is 1. The highest BCUT2D eigenvalue weighted by Crippen LogP contribution is 2.27. The predicted molar refractivity (Wildman–Crippen MR) is 78.0 cm³/mol. The van der Waals surface area contributed by atoms with E-state index in [9.17, 15) is 0 Å². The Balaban J connectivity index is 1.58. The van der Waals surface area contributed by atoms with Crippen molar-refractivity contribution < 1.29 is 0 Å². The minimum Gasteiger partial charge on any atom is -0.316 e. The number of nitrogens with one attached hydrogen (secondary N) is 1. The molecule has 3 heteroatoms. The minimum absolute atomic E-state index is 0.893. The van der Waals surface area contributed by atoms with Gasteiger partial charge in [-0.25, -0.2) is 0 Å². The summed E-state index contributed by atoms with van der Waals surface area (Å²) in [6, 6.07) is 9.05. The quantitative estimate of drug-likeness (QED) is 0.842. The molecule has 0 aromatic heterocycles. The molecule has 2 aliphatic heterocycles. The maximum absolute atomic E-state index is 3.53. The molecule has 1 aromatic carbocycles. The van der Waals surface area contributed by atoms with Gasteiger partial charge in [0.2, 0.25) is 0 Å². The van der Waals surface area contributed by atoms with E-state index in [2.05, 4.69) is 40.7 Å². The summed E-state index contributed by atoms with van der Waals surface area (Å²) in [5, 5.41) is 3.53. The Hall–Kier alpha value is -0.510. The first-order valence-corrected chi connectivity index (χ1v) is 8.13. The first kappa shape index (κ1) is 12.5. The second-order valence-corrected chi connectivity index (χ2v) is 6.43. The van der Waals surface area contributed by atoms with Crippen LogP contribution in [0.4, 0.5) is 0 Å². The molecule has 2 saturated heterocycles. The number of hydrogen-bond donors (Lipinski definition) is 1. The Morgan fingerprint density at radius 1 is 1.22 bits per heavy atom. The number of thioether (sulfide) groups is 1. The molecule has 1 aromatic rings.